The summed E-state index contributed by atoms with van der Waals surface area (Å²) in [5.74, 6) is 0. The molecule has 5 nitrogen and oxygen atoms in total. The van der Waals surface area contributed by atoms with Crippen LogP contribution >= 0.6 is 0 Å². The lowest BCUT2D eigenvalue weighted by atomic mass is 9.96. The number of rotatable bonds is 3. The van der Waals surface area contributed by atoms with Gasteiger partial charge in [0.25, 0.3) is 0 Å². The summed E-state index contributed by atoms with van der Waals surface area (Å²) in [4.78, 5) is 6.28. The molecular weight excluding hydrogens is 318 g/mol. The zero-order chi connectivity index (χ0) is 17.2. The van der Waals surface area contributed by atoms with Gasteiger partial charge in [-0.2, -0.15) is 0 Å². The molecule has 0 aliphatic carbocycles. The molecule has 0 amide bonds. The van der Waals surface area contributed by atoms with Crippen molar-refractivity contribution in [2.45, 2.75) is 44.0 Å². The molecule has 2 fully saturated rings. The number of anilines is 1. The first-order chi connectivity index (χ1) is 12.2. The van der Waals surface area contributed by atoms with Crippen LogP contribution in [0.5, 0.6) is 0 Å². The molecule has 2 heterocycles. The Morgan fingerprint density at radius 3 is 2.40 bits per heavy atom. The Morgan fingerprint density at radius 1 is 1.00 bits per heavy atom. The summed E-state index contributed by atoms with van der Waals surface area (Å²) in [5.41, 5.74) is 2.08. The molecule has 25 heavy (non-hydrogen) atoms. The van der Waals surface area contributed by atoms with Gasteiger partial charge in [-0.25, -0.2) is 5.06 Å². The van der Waals surface area contributed by atoms with E-state index in [1.54, 1.807) is 0 Å². The van der Waals surface area contributed by atoms with E-state index in [1.807, 2.05) is 60.5 Å². The molecule has 132 valence electrons. The minimum absolute atomic E-state index is 0.0691. The monoisotopic (exact) mass is 341 g/mol. The lowest BCUT2D eigenvalue weighted by Crippen LogP contribution is -2.53. The first kappa shape index (κ1) is 16.5. The maximum Gasteiger partial charge on any atom is 0.155 e. The summed E-state index contributed by atoms with van der Waals surface area (Å²) < 4.78 is 11.3. The fraction of sp³-hybridized carbons (Fsp3) is 0.400. The quantitative estimate of drug-likeness (QED) is 0.930. The smallest absolute Gasteiger partial charge is 0.155 e. The molecule has 0 saturated carbocycles. The van der Waals surface area contributed by atoms with E-state index in [1.165, 1.54) is 0 Å². The number of para-hydroxylation sites is 1. The summed E-state index contributed by atoms with van der Waals surface area (Å²) in [6.45, 7) is 2.14. The second kappa shape index (κ2) is 7.14. The third-order valence-corrected chi connectivity index (χ3v) is 4.79. The van der Waals surface area contributed by atoms with Crippen molar-refractivity contribution in [3.63, 3.8) is 0 Å². The molecule has 0 radical (unpaired) electrons. The molecule has 4 rings (SSSR count). The topological polar surface area (TPSA) is 51.2 Å². The normalized spacial score (nSPS) is 32.7. The van der Waals surface area contributed by atoms with Crippen LogP contribution in [0.15, 0.2) is 60.7 Å². The fourth-order valence-corrected chi connectivity index (χ4v) is 3.56. The first-order valence-electron chi connectivity index (χ1n) is 8.73. The van der Waals surface area contributed by atoms with Crippen LogP contribution in [0.25, 0.3) is 0 Å². The lowest BCUT2D eigenvalue weighted by Gasteiger charge is -2.38. The highest BCUT2D eigenvalue weighted by Gasteiger charge is 2.45. The molecule has 1 N–H and O–H groups in total. The number of hydrogen-bond acceptors (Lipinski definition) is 5. The highest BCUT2D eigenvalue weighted by molar-refractivity contribution is 5.46. The molecule has 2 aliphatic heterocycles. The zero-order valence-electron chi connectivity index (χ0n) is 14.2. The van der Waals surface area contributed by atoms with Crippen LogP contribution in [0.3, 0.4) is 0 Å². The molecule has 0 aromatic heterocycles. The van der Waals surface area contributed by atoms with Crippen LogP contribution in [-0.4, -0.2) is 36.3 Å². The SMILES string of the molecule is C[C@@H]1OC[C@@H](O)[C@H]([C@@H]2C[C@H](c3ccccc3)ON2c2ccccc2)O1. The van der Waals surface area contributed by atoms with Gasteiger partial charge in [0.2, 0.25) is 0 Å². The van der Waals surface area contributed by atoms with Crippen LogP contribution in [0.4, 0.5) is 5.69 Å². The van der Waals surface area contributed by atoms with Crippen LogP contribution in [0.2, 0.25) is 0 Å². The van der Waals surface area contributed by atoms with Gasteiger partial charge in [0.05, 0.1) is 18.3 Å². The summed E-state index contributed by atoms with van der Waals surface area (Å²) in [7, 11) is 0. The van der Waals surface area contributed by atoms with Gasteiger partial charge in [-0.1, -0.05) is 48.5 Å². The number of ether oxygens (including phenoxy) is 2. The van der Waals surface area contributed by atoms with Crippen molar-refractivity contribution in [1.29, 1.82) is 0 Å². The van der Waals surface area contributed by atoms with Crippen LogP contribution in [0.1, 0.15) is 25.0 Å². The van der Waals surface area contributed by atoms with E-state index in [4.69, 9.17) is 14.3 Å². The molecule has 2 aliphatic rings. The summed E-state index contributed by atoms with van der Waals surface area (Å²) in [6.07, 6.45) is -0.696. The van der Waals surface area contributed by atoms with E-state index in [9.17, 15) is 5.11 Å². The standard InChI is InChI=1S/C20H23NO4/c1-14-23-13-18(22)20(24-14)17-12-19(15-8-4-2-5-9-15)25-21(17)16-10-6-3-7-11-16/h2-11,14,17-20,22H,12-13H2,1H3/t14-,17+,18-,19-,20+/m1/s1. The second-order valence-corrected chi connectivity index (χ2v) is 6.54. The maximum absolute atomic E-state index is 10.4. The number of hydroxylamine groups is 1. The molecule has 0 spiro atoms. The summed E-state index contributed by atoms with van der Waals surface area (Å²) >= 11 is 0. The molecule has 2 saturated heterocycles. The number of nitrogens with zero attached hydrogens (tertiary/aromatic N) is 1. The summed E-state index contributed by atoms with van der Waals surface area (Å²) in [5, 5.41) is 12.3. The average Bonchev–Trinajstić information content (AvgIpc) is 3.10. The lowest BCUT2D eigenvalue weighted by molar-refractivity contribution is -0.249. The number of aliphatic hydroxyl groups is 1. The zero-order valence-corrected chi connectivity index (χ0v) is 14.2. The molecule has 2 aromatic rings. The van der Waals surface area contributed by atoms with Gasteiger partial charge in [0.1, 0.15) is 18.3 Å². The molecule has 0 bridgehead atoms. The average molecular weight is 341 g/mol. The minimum Gasteiger partial charge on any atom is -0.388 e. The van der Waals surface area contributed by atoms with Crippen molar-refractivity contribution in [3.05, 3.63) is 66.2 Å². The van der Waals surface area contributed by atoms with Gasteiger partial charge >= 0.3 is 0 Å². The third kappa shape index (κ3) is 3.41. The van der Waals surface area contributed by atoms with Gasteiger partial charge in [-0.15, -0.1) is 0 Å². The number of hydrogen-bond donors (Lipinski definition) is 1. The van der Waals surface area contributed by atoms with Gasteiger partial charge in [0.15, 0.2) is 6.29 Å². The van der Waals surface area contributed by atoms with E-state index in [2.05, 4.69) is 12.1 Å². The van der Waals surface area contributed by atoms with Gasteiger partial charge < -0.3 is 14.6 Å². The Labute approximate surface area is 147 Å². The maximum atomic E-state index is 10.4. The fourth-order valence-electron chi connectivity index (χ4n) is 3.56. The highest BCUT2D eigenvalue weighted by atomic mass is 16.7. The molecule has 2 aromatic carbocycles. The summed E-state index contributed by atoms with van der Waals surface area (Å²) in [6, 6.07) is 20.0. The Balaban J connectivity index is 1.64. The Kier molecular flexibility index (Phi) is 4.72. The van der Waals surface area contributed by atoms with Gasteiger partial charge in [0, 0.05) is 6.42 Å². The second-order valence-electron chi connectivity index (χ2n) is 6.54. The van der Waals surface area contributed by atoms with Crippen LogP contribution in [-0.2, 0) is 14.3 Å². The Hall–Kier alpha value is -1.92. The van der Waals surface area contributed by atoms with Crippen LogP contribution in [0, 0.1) is 0 Å². The van der Waals surface area contributed by atoms with Gasteiger partial charge in [-0.3, -0.25) is 4.84 Å². The minimum atomic E-state index is -0.675. The van der Waals surface area contributed by atoms with Crippen LogP contribution < -0.4 is 5.06 Å². The predicted octanol–water partition coefficient (Wildman–Crippen LogP) is 3.06. The molecular formula is C20H23NO4. The van der Waals surface area contributed by atoms with Crippen molar-refractivity contribution in [2.24, 2.45) is 0 Å². The van der Waals surface area contributed by atoms with E-state index >= 15 is 0 Å². The van der Waals surface area contributed by atoms with Crippen molar-refractivity contribution in [1.82, 2.24) is 0 Å². The Bertz CT molecular complexity index is 681. The third-order valence-electron chi connectivity index (χ3n) is 4.79. The number of benzene rings is 2. The first-order valence-corrected chi connectivity index (χ1v) is 8.73. The number of aliphatic hydroxyl groups excluding tert-OH is 1. The van der Waals surface area contributed by atoms with Crippen molar-refractivity contribution < 1.29 is 19.4 Å². The molecule has 5 atom stereocenters. The van der Waals surface area contributed by atoms with E-state index in [0.717, 1.165) is 17.7 Å². The van der Waals surface area contributed by atoms with Gasteiger partial charge in [-0.05, 0) is 24.6 Å². The predicted molar refractivity (Wildman–Crippen MR) is 93.9 cm³/mol. The van der Waals surface area contributed by atoms with Crippen molar-refractivity contribution in [3.8, 4) is 0 Å². The molecule has 5 heteroatoms. The van der Waals surface area contributed by atoms with E-state index in [0.29, 0.717) is 0 Å². The molecule has 0 unspecified atom stereocenters. The largest absolute Gasteiger partial charge is 0.388 e. The van der Waals surface area contributed by atoms with E-state index in [-0.39, 0.29) is 31.1 Å². The van der Waals surface area contributed by atoms with Crippen molar-refractivity contribution >= 4 is 5.69 Å². The van der Waals surface area contributed by atoms with Crippen molar-refractivity contribution in [2.75, 3.05) is 11.7 Å². The van der Waals surface area contributed by atoms with E-state index < -0.39 is 6.10 Å². The highest BCUT2D eigenvalue weighted by Crippen LogP contribution is 2.39. The Morgan fingerprint density at radius 2 is 1.68 bits per heavy atom.